The summed E-state index contributed by atoms with van der Waals surface area (Å²) >= 11 is 0. The number of pyridine rings is 1. The van der Waals surface area contributed by atoms with E-state index in [4.69, 9.17) is 4.74 Å². The number of ether oxygens (including phenoxy) is 2. The number of halogens is 6. The second-order valence-electron chi connectivity index (χ2n) is 6.99. The van der Waals surface area contributed by atoms with Gasteiger partial charge in [-0.05, 0) is 53.4 Å². The lowest BCUT2D eigenvalue weighted by molar-refractivity contribution is -0.188. The summed E-state index contributed by atoms with van der Waals surface area (Å²) in [6.45, 7) is 1.97. The predicted octanol–water partition coefficient (Wildman–Crippen LogP) is 7.27. The monoisotopic (exact) mass is 467 g/mol. The first kappa shape index (κ1) is 24.2. The van der Waals surface area contributed by atoms with Crippen LogP contribution in [0.4, 0.5) is 26.3 Å². The molecule has 0 atom stereocenters. The average Bonchev–Trinajstić information content (AvgIpc) is 2.76. The van der Waals surface area contributed by atoms with Gasteiger partial charge in [-0.25, -0.2) is 17.6 Å². The summed E-state index contributed by atoms with van der Waals surface area (Å²) in [5.41, 5.74) is 0.677. The maximum absolute atomic E-state index is 14.4. The zero-order valence-electron chi connectivity index (χ0n) is 17.4. The van der Waals surface area contributed by atoms with Gasteiger partial charge in [0.25, 0.3) is 6.43 Å². The molecule has 2 aromatic carbocycles. The lowest BCUT2D eigenvalue weighted by atomic mass is 10.0. The SMILES string of the molecule is CCCc1ccc(C(F)(F)Oc2ccc(-c3cc(F)c(OC=CC(F)F)c(F)c3)cc2)nc1. The Bertz CT molecular complexity index is 1080. The van der Waals surface area contributed by atoms with Crippen molar-refractivity contribution in [2.75, 3.05) is 0 Å². The molecular formula is C24H19F6NO2. The lowest BCUT2D eigenvalue weighted by Crippen LogP contribution is -2.23. The van der Waals surface area contributed by atoms with Crippen LogP contribution in [-0.2, 0) is 12.5 Å². The first-order chi connectivity index (χ1) is 15.7. The Morgan fingerprint density at radius 3 is 2.18 bits per heavy atom. The highest BCUT2D eigenvalue weighted by Crippen LogP contribution is 2.33. The van der Waals surface area contributed by atoms with Crippen molar-refractivity contribution in [3.05, 3.63) is 90.0 Å². The minimum Gasteiger partial charge on any atom is -0.459 e. The molecule has 174 valence electrons. The summed E-state index contributed by atoms with van der Waals surface area (Å²) < 4.78 is 90.7. The van der Waals surface area contributed by atoms with E-state index in [2.05, 4.69) is 9.72 Å². The van der Waals surface area contributed by atoms with Gasteiger partial charge in [-0.3, -0.25) is 4.98 Å². The zero-order chi connectivity index (χ0) is 24.0. The molecule has 0 amide bonds. The summed E-state index contributed by atoms with van der Waals surface area (Å²) in [6.07, 6.45) is -2.74. The van der Waals surface area contributed by atoms with E-state index in [0.717, 1.165) is 30.5 Å². The molecular weight excluding hydrogens is 448 g/mol. The van der Waals surface area contributed by atoms with Gasteiger partial charge in [0.05, 0.1) is 6.26 Å². The highest BCUT2D eigenvalue weighted by Gasteiger charge is 2.36. The van der Waals surface area contributed by atoms with Crippen LogP contribution in [0.1, 0.15) is 24.6 Å². The Morgan fingerprint density at radius 1 is 0.970 bits per heavy atom. The minimum atomic E-state index is -3.69. The van der Waals surface area contributed by atoms with Crippen LogP contribution in [0.5, 0.6) is 11.5 Å². The lowest BCUT2D eigenvalue weighted by Gasteiger charge is -2.18. The van der Waals surface area contributed by atoms with Gasteiger partial charge in [0.2, 0.25) is 0 Å². The second-order valence-corrected chi connectivity index (χ2v) is 6.99. The van der Waals surface area contributed by atoms with Gasteiger partial charge in [0.15, 0.2) is 23.1 Å². The highest BCUT2D eigenvalue weighted by molar-refractivity contribution is 5.65. The van der Waals surface area contributed by atoms with Gasteiger partial charge in [-0.2, -0.15) is 8.78 Å². The largest absolute Gasteiger partial charge is 0.459 e. The van der Waals surface area contributed by atoms with E-state index in [-0.39, 0.29) is 11.3 Å². The van der Waals surface area contributed by atoms with Crippen molar-refractivity contribution in [3.63, 3.8) is 0 Å². The number of nitrogens with zero attached hydrogens (tertiary/aromatic N) is 1. The van der Waals surface area contributed by atoms with Crippen molar-refractivity contribution in [1.82, 2.24) is 4.98 Å². The van der Waals surface area contributed by atoms with Crippen molar-refractivity contribution < 1.29 is 35.8 Å². The maximum atomic E-state index is 14.4. The normalized spacial score (nSPS) is 11.9. The summed E-state index contributed by atoms with van der Waals surface area (Å²) in [5.74, 6) is -3.25. The molecule has 0 aliphatic rings. The van der Waals surface area contributed by atoms with Gasteiger partial charge in [0.1, 0.15) is 5.75 Å². The van der Waals surface area contributed by atoms with E-state index in [9.17, 15) is 26.3 Å². The van der Waals surface area contributed by atoms with E-state index in [0.29, 0.717) is 17.9 Å². The van der Waals surface area contributed by atoms with Crippen LogP contribution >= 0.6 is 0 Å². The smallest absolute Gasteiger partial charge is 0.444 e. The minimum absolute atomic E-state index is 0.0849. The molecule has 3 rings (SSSR count). The van der Waals surface area contributed by atoms with E-state index in [1.807, 2.05) is 6.92 Å². The molecule has 0 saturated heterocycles. The van der Waals surface area contributed by atoms with Crippen LogP contribution in [0.25, 0.3) is 11.1 Å². The molecule has 0 saturated carbocycles. The van der Waals surface area contributed by atoms with Crippen LogP contribution in [0.15, 0.2) is 67.1 Å². The summed E-state index contributed by atoms with van der Waals surface area (Å²) in [5, 5.41) is 0. The fraction of sp³-hybridized carbons (Fsp3) is 0.208. The van der Waals surface area contributed by atoms with Crippen LogP contribution in [0.2, 0.25) is 0 Å². The Morgan fingerprint density at radius 2 is 1.64 bits per heavy atom. The molecule has 9 heteroatoms. The number of hydrogen-bond acceptors (Lipinski definition) is 3. The molecule has 0 bridgehead atoms. The molecule has 0 fully saturated rings. The molecule has 0 aliphatic carbocycles. The van der Waals surface area contributed by atoms with Crippen molar-refractivity contribution in [2.24, 2.45) is 0 Å². The molecule has 0 radical (unpaired) electrons. The standard InChI is InChI=1S/C24H19F6NO2/c1-2-3-15-4-9-21(31-14-15)24(29,30)33-18-7-5-16(6-8-18)17-12-19(25)23(20(26)13-17)32-11-10-22(27)28/h4-14,22H,2-3H2,1H3. The Hall–Kier alpha value is -3.49. The van der Waals surface area contributed by atoms with Gasteiger partial charge in [-0.15, -0.1) is 0 Å². The number of aryl methyl sites for hydroxylation is 1. The van der Waals surface area contributed by atoms with E-state index in [1.54, 1.807) is 6.07 Å². The van der Waals surface area contributed by atoms with Crippen LogP contribution in [0.3, 0.4) is 0 Å². The molecule has 3 aromatic rings. The van der Waals surface area contributed by atoms with Gasteiger partial charge in [0, 0.05) is 12.3 Å². The second kappa shape index (κ2) is 10.4. The first-order valence-electron chi connectivity index (χ1n) is 9.92. The third-order valence-corrected chi connectivity index (χ3v) is 4.50. The van der Waals surface area contributed by atoms with E-state index >= 15 is 0 Å². The van der Waals surface area contributed by atoms with Gasteiger partial charge in [-0.1, -0.05) is 31.5 Å². The molecule has 1 heterocycles. The number of alkyl halides is 4. The number of aromatic nitrogens is 1. The summed E-state index contributed by atoms with van der Waals surface area (Å²) in [4.78, 5) is 3.77. The first-order valence-corrected chi connectivity index (χ1v) is 9.92. The summed E-state index contributed by atoms with van der Waals surface area (Å²) in [6, 6.07) is 9.75. The molecule has 33 heavy (non-hydrogen) atoms. The molecule has 0 aliphatic heterocycles. The highest BCUT2D eigenvalue weighted by atomic mass is 19.3. The maximum Gasteiger partial charge on any atom is 0.444 e. The molecule has 1 aromatic heterocycles. The molecule has 0 unspecified atom stereocenters. The van der Waals surface area contributed by atoms with Gasteiger partial charge < -0.3 is 9.47 Å². The third kappa shape index (κ3) is 6.27. The van der Waals surface area contributed by atoms with Gasteiger partial charge >= 0.3 is 6.11 Å². The van der Waals surface area contributed by atoms with Crippen LogP contribution < -0.4 is 9.47 Å². The fourth-order valence-corrected chi connectivity index (χ4v) is 2.95. The van der Waals surface area contributed by atoms with Crippen molar-refractivity contribution in [2.45, 2.75) is 32.3 Å². The Labute approximate surface area is 186 Å². The van der Waals surface area contributed by atoms with Crippen molar-refractivity contribution in [1.29, 1.82) is 0 Å². The quantitative estimate of drug-likeness (QED) is 0.245. The van der Waals surface area contributed by atoms with Crippen molar-refractivity contribution in [3.8, 4) is 22.6 Å². The number of rotatable bonds is 9. The van der Waals surface area contributed by atoms with Crippen LogP contribution in [-0.4, -0.2) is 11.4 Å². The molecule has 0 spiro atoms. The van der Waals surface area contributed by atoms with Crippen LogP contribution in [0, 0.1) is 11.6 Å². The third-order valence-electron chi connectivity index (χ3n) is 4.50. The fourth-order valence-electron chi connectivity index (χ4n) is 2.95. The number of allylic oxidation sites excluding steroid dienone is 1. The topological polar surface area (TPSA) is 31.4 Å². The molecule has 0 N–H and O–H groups in total. The number of benzene rings is 2. The Balaban J connectivity index is 1.74. The zero-order valence-corrected chi connectivity index (χ0v) is 17.4. The molecule has 3 nitrogen and oxygen atoms in total. The van der Waals surface area contributed by atoms with Crippen molar-refractivity contribution >= 4 is 0 Å². The van der Waals surface area contributed by atoms with E-state index in [1.165, 1.54) is 36.5 Å². The Kier molecular flexibility index (Phi) is 7.63. The average molecular weight is 467 g/mol. The summed E-state index contributed by atoms with van der Waals surface area (Å²) in [7, 11) is 0. The number of hydrogen-bond donors (Lipinski definition) is 0. The van der Waals surface area contributed by atoms with E-state index < -0.39 is 35.6 Å². The predicted molar refractivity (Wildman–Crippen MR) is 110 cm³/mol.